The highest BCUT2D eigenvalue weighted by molar-refractivity contribution is 5.62. The smallest absolute Gasteiger partial charge is 0.433 e. The first kappa shape index (κ1) is 18.7. The van der Waals surface area contributed by atoms with Crippen LogP contribution in [-0.2, 0) is 12.6 Å². The minimum absolute atomic E-state index is 0.107. The number of aromatic nitrogens is 4. The number of benzene rings is 2. The summed E-state index contributed by atoms with van der Waals surface area (Å²) in [5.74, 6) is 0.659. The fraction of sp³-hybridized carbons (Fsp3) is 0.150. The third-order valence-electron chi connectivity index (χ3n) is 4.33. The van der Waals surface area contributed by atoms with Gasteiger partial charge in [0.1, 0.15) is 17.9 Å². The zero-order valence-corrected chi connectivity index (χ0v) is 15.3. The van der Waals surface area contributed by atoms with Gasteiger partial charge in [-0.15, -0.1) is 0 Å². The Labute approximate surface area is 164 Å². The second kappa shape index (κ2) is 7.42. The van der Waals surface area contributed by atoms with E-state index in [9.17, 15) is 13.2 Å². The maximum atomic E-state index is 13.2. The van der Waals surface area contributed by atoms with Gasteiger partial charge in [0, 0.05) is 23.7 Å². The highest BCUT2D eigenvalue weighted by Gasteiger charge is 2.34. The Balaban J connectivity index is 1.71. The highest BCUT2D eigenvalue weighted by Crippen LogP contribution is 2.31. The number of alkyl halides is 3. The van der Waals surface area contributed by atoms with Gasteiger partial charge in [0.05, 0.1) is 7.11 Å². The predicted molar refractivity (Wildman–Crippen MR) is 101 cm³/mol. The molecular formula is C20H16F3N5O. The summed E-state index contributed by atoms with van der Waals surface area (Å²) in [4.78, 5) is 7.29. The molecule has 0 bridgehead atoms. The number of methoxy groups -OCH3 is 1. The largest absolute Gasteiger partial charge is 0.496 e. The van der Waals surface area contributed by atoms with Crippen LogP contribution in [0.3, 0.4) is 0 Å². The average molecular weight is 399 g/mol. The molecule has 0 radical (unpaired) electrons. The molecule has 6 nitrogen and oxygen atoms in total. The average Bonchev–Trinajstić information content (AvgIpc) is 3.17. The zero-order chi connectivity index (χ0) is 20.4. The molecule has 2 heterocycles. The van der Waals surface area contributed by atoms with Gasteiger partial charge in [-0.3, -0.25) is 0 Å². The topological polar surface area (TPSA) is 64.3 Å². The summed E-state index contributed by atoms with van der Waals surface area (Å²) < 4.78 is 46.2. The lowest BCUT2D eigenvalue weighted by atomic mass is 10.0. The first-order valence-corrected chi connectivity index (χ1v) is 8.70. The molecule has 0 spiro atoms. The number of anilines is 2. The SMILES string of the molecule is COc1ccc(Nc2cc(C(F)(F)F)nc3ncnn23)cc1Cc1ccccc1. The number of hydrogen-bond acceptors (Lipinski definition) is 5. The molecule has 0 atom stereocenters. The van der Waals surface area contributed by atoms with E-state index in [1.807, 2.05) is 36.4 Å². The normalized spacial score (nSPS) is 11.6. The molecule has 0 aliphatic rings. The molecule has 4 rings (SSSR count). The van der Waals surface area contributed by atoms with Crippen molar-refractivity contribution < 1.29 is 17.9 Å². The number of nitrogens with one attached hydrogen (secondary N) is 1. The van der Waals surface area contributed by atoms with E-state index in [0.717, 1.165) is 23.5 Å². The maximum absolute atomic E-state index is 13.2. The van der Waals surface area contributed by atoms with Crippen LogP contribution in [0.2, 0.25) is 0 Å². The highest BCUT2D eigenvalue weighted by atomic mass is 19.4. The third kappa shape index (κ3) is 3.98. The molecule has 0 aliphatic heterocycles. The van der Waals surface area contributed by atoms with Crippen molar-refractivity contribution >= 4 is 17.3 Å². The fourth-order valence-corrected chi connectivity index (χ4v) is 3.00. The first-order valence-electron chi connectivity index (χ1n) is 8.70. The molecule has 0 unspecified atom stereocenters. The van der Waals surface area contributed by atoms with E-state index in [2.05, 4.69) is 20.4 Å². The van der Waals surface area contributed by atoms with Crippen LogP contribution < -0.4 is 10.1 Å². The summed E-state index contributed by atoms with van der Waals surface area (Å²) in [6, 6.07) is 16.1. The van der Waals surface area contributed by atoms with Crippen LogP contribution >= 0.6 is 0 Å². The Morgan fingerprint density at radius 1 is 1.07 bits per heavy atom. The van der Waals surface area contributed by atoms with E-state index in [0.29, 0.717) is 17.9 Å². The van der Waals surface area contributed by atoms with Gasteiger partial charge < -0.3 is 10.1 Å². The van der Waals surface area contributed by atoms with Crippen LogP contribution in [0.1, 0.15) is 16.8 Å². The van der Waals surface area contributed by atoms with E-state index in [4.69, 9.17) is 4.74 Å². The number of nitrogens with zero attached hydrogens (tertiary/aromatic N) is 4. The van der Waals surface area contributed by atoms with Crippen molar-refractivity contribution in [2.24, 2.45) is 0 Å². The first-order chi connectivity index (χ1) is 13.9. The van der Waals surface area contributed by atoms with Crippen molar-refractivity contribution in [3.8, 4) is 5.75 Å². The molecule has 0 saturated carbocycles. The molecule has 0 amide bonds. The number of fused-ring (bicyclic) bond motifs is 1. The van der Waals surface area contributed by atoms with Crippen LogP contribution in [0.4, 0.5) is 24.7 Å². The number of halogens is 3. The van der Waals surface area contributed by atoms with E-state index >= 15 is 0 Å². The van der Waals surface area contributed by atoms with Crippen LogP contribution in [-0.4, -0.2) is 26.7 Å². The van der Waals surface area contributed by atoms with Crippen molar-refractivity contribution in [3.63, 3.8) is 0 Å². The summed E-state index contributed by atoms with van der Waals surface area (Å²) in [5.41, 5.74) is 1.53. The summed E-state index contributed by atoms with van der Waals surface area (Å²) in [5, 5.41) is 6.94. The Bertz CT molecular complexity index is 1140. The van der Waals surface area contributed by atoms with Crippen molar-refractivity contribution in [2.75, 3.05) is 12.4 Å². The predicted octanol–water partition coefficient (Wildman–Crippen LogP) is 4.49. The van der Waals surface area contributed by atoms with Crippen LogP contribution in [0.25, 0.3) is 5.78 Å². The Kier molecular flexibility index (Phi) is 4.79. The molecule has 4 aromatic rings. The summed E-state index contributed by atoms with van der Waals surface area (Å²) in [7, 11) is 1.58. The minimum Gasteiger partial charge on any atom is -0.496 e. The van der Waals surface area contributed by atoms with Gasteiger partial charge in [-0.1, -0.05) is 30.3 Å². The van der Waals surface area contributed by atoms with Crippen LogP contribution in [0, 0.1) is 0 Å². The Morgan fingerprint density at radius 2 is 1.86 bits per heavy atom. The standard InChI is InChI=1S/C20H16F3N5O/c1-29-16-8-7-15(10-14(16)9-13-5-3-2-4-6-13)26-18-11-17(20(21,22)23)27-19-24-12-25-28(18)19/h2-8,10-12,26H,9H2,1H3. The lowest BCUT2D eigenvalue weighted by Crippen LogP contribution is -2.12. The molecule has 2 aromatic carbocycles. The van der Waals surface area contributed by atoms with Gasteiger partial charge >= 0.3 is 6.18 Å². The Morgan fingerprint density at radius 3 is 2.59 bits per heavy atom. The molecular weight excluding hydrogens is 383 g/mol. The van der Waals surface area contributed by atoms with Gasteiger partial charge in [-0.05, 0) is 23.8 Å². The molecule has 9 heteroatoms. The molecule has 0 aliphatic carbocycles. The summed E-state index contributed by atoms with van der Waals surface area (Å²) in [6.07, 6.45) is -2.83. The lowest BCUT2D eigenvalue weighted by Gasteiger charge is -2.14. The van der Waals surface area contributed by atoms with Gasteiger partial charge in [-0.25, -0.2) is 4.98 Å². The van der Waals surface area contributed by atoms with Crippen molar-refractivity contribution in [2.45, 2.75) is 12.6 Å². The zero-order valence-electron chi connectivity index (χ0n) is 15.3. The Hall–Kier alpha value is -3.62. The van der Waals surface area contributed by atoms with Crippen molar-refractivity contribution in [1.82, 2.24) is 19.6 Å². The lowest BCUT2D eigenvalue weighted by molar-refractivity contribution is -0.141. The number of hydrogen-bond donors (Lipinski definition) is 1. The van der Waals surface area contributed by atoms with E-state index in [1.54, 1.807) is 19.2 Å². The molecule has 148 valence electrons. The van der Waals surface area contributed by atoms with Gasteiger partial charge in [0.25, 0.3) is 5.78 Å². The molecule has 0 saturated heterocycles. The quantitative estimate of drug-likeness (QED) is 0.536. The van der Waals surface area contributed by atoms with Gasteiger partial charge in [-0.2, -0.15) is 27.8 Å². The summed E-state index contributed by atoms with van der Waals surface area (Å²) in [6.45, 7) is 0. The molecule has 1 N–H and O–H groups in total. The van der Waals surface area contributed by atoms with Crippen molar-refractivity contribution in [3.05, 3.63) is 77.7 Å². The summed E-state index contributed by atoms with van der Waals surface area (Å²) >= 11 is 0. The van der Waals surface area contributed by atoms with Crippen molar-refractivity contribution in [1.29, 1.82) is 0 Å². The monoisotopic (exact) mass is 399 g/mol. The van der Waals surface area contributed by atoms with Crippen LogP contribution in [0.15, 0.2) is 60.9 Å². The van der Waals surface area contributed by atoms with Crippen LogP contribution in [0.5, 0.6) is 5.75 Å². The molecule has 29 heavy (non-hydrogen) atoms. The number of ether oxygens (including phenoxy) is 1. The second-order valence-electron chi connectivity index (χ2n) is 6.31. The molecule has 2 aromatic heterocycles. The number of rotatable bonds is 5. The minimum atomic E-state index is -4.59. The molecule has 0 fully saturated rings. The van der Waals surface area contributed by atoms with E-state index in [-0.39, 0.29) is 11.6 Å². The van der Waals surface area contributed by atoms with E-state index in [1.165, 1.54) is 4.52 Å². The van der Waals surface area contributed by atoms with Gasteiger partial charge in [0.2, 0.25) is 0 Å². The third-order valence-corrected chi connectivity index (χ3v) is 4.33. The second-order valence-corrected chi connectivity index (χ2v) is 6.31. The van der Waals surface area contributed by atoms with Gasteiger partial charge in [0.15, 0.2) is 5.69 Å². The fourth-order valence-electron chi connectivity index (χ4n) is 3.00. The van der Waals surface area contributed by atoms with E-state index < -0.39 is 11.9 Å². The maximum Gasteiger partial charge on any atom is 0.433 e.